The Kier molecular flexibility index (Phi) is 6.54. The van der Waals surface area contributed by atoms with Crippen molar-refractivity contribution in [3.63, 3.8) is 0 Å². The molecule has 28 heavy (non-hydrogen) atoms. The third-order valence-corrected chi connectivity index (χ3v) is 5.63. The zero-order chi connectivity index (χ0) is 20.1. The maximum Gasteiger partial charge on any atom is 0.252 e. The fourth-order valence-electron chi connectivity index (χ4n) is 4.01. The number of benzene rings is 2. The van der Waals surface area contributed by atoms with Gasteiger partial charge in [0.1, 0.15) is 5.75 Å². The van der Waals surface area contributed by atoms with Crippen molar-refractivity contribution in [1.29, 1.82) is 0 Å². The van der Waals surface area contributed by atoms with E-state index < -0.39 is 12.0 Å². The van der Waals surface area contributed by atoms with Gasteiger partial charge in [0.05, 0.1) is 11.7 Å². The van der Waals surface area contributed by atoms with Crippen LogP contribution in [-0.4, -0.2) is 41.8 Å². The summed E-state index contributed by atoms with van der Waals surface area (Å²) >= 11 is 0. The molecule has 0 saturated heterocycles. The summed E-state index contributed by atoms with van der Waals surface area (Å²) in [6.45, 7) is 0.368. The number of likely N-dealkylation sites (N-methyl/N-ethyl adjacent to an activating group) is 1. The van der Waals surface area contributed by atoms with Crippen LogP contribution in [0.2, 0.25) is 0 Å². The van der Waals surface area contributed by atoms with Crippen LogP contribution in [0.4, 0.5) is 5.69 Å². The molecule has 1 amide bonds. The van der Waals surface area contributed by atoms with Gasteiger partial charge in [0.25, 0.3) is 5.91 Å². The number of anilines is 1. The monoisotopic (exact) mass is 383 g/mol. The molecule has 1 unspecified atom stereocenters. The van der Waals surface area contributed by atoms with Gasteiger partial charge >= 0.3 is 0 Å². The first-order valence-corrected chi connectivity index (χ1v) is 9.79. The fourth-order valence-corrected chi connectivity index (χ4v) is 4.01. The Hall–Kier alpha value is -2.57. The molecule has 2 aromatic carbocycles. The number of rotatable bonds is 7. The first kappa shape index (κ1) is 20.2. The standard InChI is InChI=1S/C22H29N3O3/c1-25(16-7-3-2-4-8-16)19-10-6-5-9-18(19)24-14-21(27)15-11-12-20(26)17(13-15)22(23)28/h2-4,7-8,11-13,18-19,21,24,26-27H,5-6,9-10,14H2,1H3,(H2,23,28)/t18-,19-,21?/m1/s1. The molecule has 0 spiro atoms. The van der Waals surface area contributed by atoms with E-state index in [9.17, 15) is 15.0 Å². The van der Waals surface area contributed by atoms with E-state index in [1.54, 1.807) is 6.07 Å². The molecule has 6 heteroatoms. The SMILES string of the molecule is CN(c1ccccc1)[C@@H]1CCCC[C@H]1NCC(O)c1ccc(O)c(C(N)=O)c1. The summed E-state index contributed by atoms with van der Waals surface area (Å²) in [6, 6.07) is 15.4. The number of nitrogens with one attached hydrogen (secondary N) is 1. The number of amides is 1. The van der Waals surface area contributed by atoms with Crippen molar-refractivity contribution in [3.05, 3.63) is 59.7 Å². The van der Waals surface area contributed by atoms with E-state index in [0.717, 1.165) is 19.3 Å². The lowest BCUT2D eigenvalue weighted by atomic mass is 9.88. The largest absolute Gasteiger partial charge is 0.507 e. The zero-order valence-corrected chi connectivity index (χ0v) is 16.2. The molecule has 1 fully saturated rings. The number of aliphatic hydroxyl groups excluding tert-OH is 1. The summed E-state index contributed by atoms with van der Waals surface area (Å²) in [4.78, 5) is 13.7. The van der Waals surface area contributed by atoms with E-state index in [2.05, 4.69) is 29.4 Å². The van der Waals surface area contributed by atoms with Crippen LogP contribution < -0.4 is 16.0 Å². The van der Waals surface area contributed by atoms with Gasteiger partial charge in [0.15, 0.2) is 0 Å². The van der Waals surface area contributed by atoms with Crippen LogP contribution in [0.25, 0.3) is 0 Å². The van der Waals surface area contributed by atoms with Crippen molar-refractivity contribution < 1.29 is 15.0 Å². The maximum atomic E-state index is 11.4. The molecular weight excluding hydrogens is 354 g/mol. The molecule has 1 aliphatic carbocycles. The minimum atomic E-state index is -0.789. The third kappa shape index (κ3) is 4.64. The van der Waals surface area contributed by atoms with Crippen molar-refractivity contribution >= 4 is 11.6 Å². The minimum absolute atomic E-state index is 0.0240. The molecule has 0 aliphatic heterocycles. The molecule has 0 radical (unpaired) electrons. The molecule has 3 rings (SSSR count). The number of hydrogen-bond acceptors (Lipinski definition) is 5. The van der Waals surface area contributed by atoms with Crippen molar-refractivity contribution in [2.24, 2.45) is 5.73 Å². The molecule has 3 atom stereocenters. The topological polar surface area (TPSA) is 98.8 Å². The predicted octanol–water partition coefficient (Wildman–Crippen LogP) is 2.56. The lowest BCUT2D eigenvalue weighted by Gasteiger charge is -2.40. The number of aliphatic hydroxyl groups is 1. The smallest absolute Gasteiger partial charge is 0.252 e. The van der Waals surface area contributed by atoms with Gasteiger partial charge in [-0.25, -0.2) is 0 Å². The fraction of sp³-hybridized carbons (Fsp3) is 0.409. The second kappa shape index (κ2) is 9.08. The molecule has 0 bridgehead atoms. The molecule has 1 aliphatic rings. The zero-order valence-electron chi connectivity index (χ0n) is 16.2. The van der Waals surface area contributed by atoms with Gasteiger partial charge in [0.2, 0.25) is 0 Å². The van der Waals surface area contributed by atoms with Gasteiger partial charge in [-0.1, -0.05) is 37.1 Å². The van der Waals surface area contributed by atoms with Gasteiger partial charge in [-0.2, -0.15) is 0 Å². The lowest BCUT2D eigenvalue weighted by Crippen LogP contribution is -2.51. The lowest BCUT2D eigenvalue weighted by molar-refractivity contribution is 0.0997. The number of phenols is 1. The first-order chi connectivity index (χ1) is 13.5. The molecule has 1 saturated carbocycles. The Labute approximate surface area is 166 Å². The number of primary amides is 1. The van der Waals surface area contributed by atoms with E-state index in [1.807, 2.05) is 18.2 Å². The highest BCUT2D eigenvalue weighted by Gasteiger charge is 2.29. The third-order valence-electron chi connectivity index (χ3n) is 5.63. The second-order valence-corrected chi connectivity index (χ2v) is 7.47. The second-order valence-electron chi connectivity index (χ2n) is 7.47. The van der Waals surface area contributed by atoms with Gasteiger partial charge in [-0.05, 0) is 42.7 Å². The normalized spacial score (nSPS) is 20.5. The highest BCUT2D eigenvalue weighted by molar-refractivity contribution is 5.95. The van der Waals surface area contributed by atoms with Crippen LogP contribution in [0.3, 0.4) is 0 Å². The van der Waals surface area contributed by atoms with Crippen LogP contribution >= 0.6 is 0 Å². The summed E-state index contributed by atoms with van der Waals surface area (Å²) < 4.78 is 0. The Morgan fingerprint density at radius 3 is 2.64 bits per heavy atom. The summed E-state index contributed by atoms with van der Waals surface area (Å²) in [5.41, 5.74) is 7.05. The van der Waals surface area contributed by atoms with E-state index in [-0.39, 0.29) is 17.4 Å². The van der Waals surface area contributed by atoms with Crippen molar-refractivity contribution in [1.82, 2.24) is 5.32 Å². The minimum Gasteiger partial charge on any atom is -0.507 e. The number of para-hydroxylation sites is 1. The van der Waals surface area contributed by atoms with Gasteiger partial charge in [-0.3, -0.25) is 4.79 Å². The van der Waals surface area contributed by atoms with Crippen LogP contribution in [-0.2, 0) is 0 Å². The Balaban J connectivity index is 1.66. The van der Waals surface area contributed by atoms with Crippen LogP contribution in [0.5, 0.6) is 5.75 Å². The van der Waals surface area contributed by atoms with E-state index in [4.69, 9.17) is 5.73 Å². The van der Waals surface area contributed by atoms with Crippen LogP contribution in [0.1, 0.15) is 47.7 Å². The van der Waals surface area contributed by atoms with E-state index >= 15 is 0 Å². The van der Waals surface area contributed by atoms with Crippen LogP contribution in [0, 0.1) is 0 Å². The summed E-state index contributed by atoms with van der Waals surface area (Å²) in [6.07, 6.45) is 3.73. The van der Waals surface area contributed by atoms with Gasteiger partial charge in [0, 0.05) is 31.4 Å². The summed E-state index contributed by atoms with van der Waals surface area (Å²) in [7, 11) is 2.12. The average molecular weight is 383 g/mol. The predicted molar refractivity (Wildman–Crippen MR) is 110 cm³/mol. The average Bonchev–Trinajstić information content (AvgIpc) is 2.72. The number of hydrogen-bond donors (Lipinski definition) is 4. The molecule has 6 nitrogen and oxygen atoms in total. The number of carbonyl (C=O) groups excluding carboxylic acids is 1. The molecule has 0 heterocycles. The Morgan fingerprint density at radius 1 is 1.21 bits per heavy atom. The van der Waals surface area contributed by atoms with E-state index in [1.165, 1.54) is 24.2 Å². The number of aromatic hydroxyl groups is 1. The van der Waals surface area contributed by atoms with Crippen LogP contribution in [0.15, 0.2) is 48.5 Å². The highest BCUT2D eigenvalue weighted by Crippen LogP contribution is 2.27. The summed E-state index contributed by atoms with van der Waals surface area (Å²) in [5, 5.41) is 23.8. The molecule has 5 N–H and O–H groups in total. The quantitative estimate of drug-likeness (QED) is 0.589. The van der Waals surface area contributed by atoms with Gasteiger partial charge < -0.3 is 26.2 Å². The van der Waals surface area contributed by atoms with Crippen molar-refractivity contribution in [3.8, 4) is 5.75 Å². The molecule has 150 valence electrons. The highest BCUT2D eigenvalue weighted by atomic mass is 16.3. The van der Waals surface area contributed by atoms with Crippen molar-refractivity contribution in [2.45, 2.75) is 43.9 Å². The number of carbonyl (C=O) groups is 1. The van der Waals surface area contributed by atoms with Gasteiger partial charge in [-0.15, -0.1) is 0 Å². The number of nitrogens with zero attached hydrogens (tertiary/aromatic N) is 1. The number of nitrogens with two attached hydrogens (primary N) is 1. The Morgan fingerprint density at radius 2 is 1.93 bits per heavy atom. The van der Waals surface area contributed by atoms with Crippen molar-refractivity contribution in [2.75, 3.05) is 18.5 Å². The maximum absolute atomic E-state index is 11.4. The molecule has 0 aromatic heterocycles. The summed E-state index contributed by atoms with van der Waals surface area (Å²) in [5.74, 6) is -0.885. The molecular formula is C22H29N3O3. The van der Waals surface area contributed by atoms with E-state index in [0.29, 0.717) is 18.2 Å². The Bertz CT molecular complexity index is 797. The molecule has 2 aromatic rings. The first-order valence-electron chi connectivity index (χ1n) is 9.79.